The first kappa shape index (κ1) is 10.4. The fraction of sp³-hybridized carbons (Fsp3) is 0.111. The molecule has 0 heterocycles. The molecule has 0 unspecified atom stereocenters. The molecule has 0 atom stereocenters. The maximum absolute atomic E-state index is 8.55. The van der Waals surface area contributed by atoms with Crippen LogP contribution < -0.4 is 5.73 Å². The van der Waals surface area contributed by atoms with E-state index < -0.39 is 0 Å². The quantitative estimate of drug-likeness (QED) is 0.749. The topological polar surface area (TPSA) is 46.2 Å². The van der Waals surface area contributed by atoms with Crippen molar-refractivity contribution in [1.82, 2.24) is 0 Å². The Morgan fingerprint density at radius 2 is 2.00 bits per heavy atom. The van der Waals surface area contributed by atoms with Gasteiger partial charge < -0.3 is 10.8 Å². The van der Waals surface area contributed by atoms with Gasteiger partial charge >= 0.3 is 0 Å². The van der Waals surface area contributed by atoms with E-state index in [1.165, 1.54) is 0 Å². The van der Waals surface area contributed by atoms with Crippen LogP contribution in [0.3, 0.4) is 0 Å². The summed E-state index contributed by atoms with van der Waals surface area (Å²) >= 11 is 11.7. The van der Waals surface area contributed by atoms with Crippen LogP contribution in [-0.2, 0) is 0 Å². The molecular weight excluding hydrogens is 209 g/mol. The van der Waals surface area contributed by atoms with Crippen LogP contribution in [0.1, 0.15) is 5.56 Å². The van der Waals surface area contributed by atoms with Crippen molar-refractivity contribution < 1.29 is 5.11 Å². The number of halogens is 2. The lowest BCUT2D eigenvalue weighted by Gasteiger charge is -2.03. The van der Waals surface area contributed by atoms with Crippen molar-refractivity contribution in [2.24, 2.45) is 0 Å². The summed E-state index contributed by atoms with van der Waals surface area (Å²) in [4.78, 5) is 0. The van der Waals surface area contributed by atoms with Crippen LogP contribution in [0.25, 0.3) is 6.08 Å². The van der Waals surface area contributed by atoms with Gasteiger partial charge in [0.25, 0.3) is 0 Å². The SMILES string of the molecule is Nc1ccc(C=CCO)c(Cl)c1Cl. The van der Waals surface area contributed by atoms with Crippen LogP contribution in [0.5, 0.6) is 0 Å². The third-order valence-electron chi connectivity index (χ3n) is 1.54. The van der Waals surface area contributed by atoms with Crippen molar-refractivity contribution in [2.75, 3.05) is 12.3 Å². The Labute approximate surface area is 86.6 Å². The molecule has 0 saturated carbocycles. The van der Waals surface area contributed by atoms with E-state index in [0.29, 0.717) is 15.7 Å². The minimum Gasteiger partial charge on any atom is -0.397 e. The molecule has 0 radical (unpaired) electrons. The number of nitrogen functional groups attached to an aromatic ring is 1. The van der Waals surface area contributed by atoms with E-state index in [1.807, 2.05) is 0 Å². The Bertz CT molecular complexity index is 337. The van der Waals surface area contributed by atoms with Gasteiger partial charge in [0.15, 0.2) is 0 Å². The fourth-order valence-electron chi connectivity index (χ4n) is 0.888. The van der Waals surface area contributed by atoms with Gasteiger partial charge in [-0.05, 0) is 11.6 Å². The predicted octanol–water partition coefficient (Wildman–Crippen LogP) is 2.58. The van der Waals surface area contributed by atoms with Crippen molar-refractivity contribution >= 4 is 35.0 Å². The Kier molecular flexibility index (Phi) is 3.60. The van der Waals surface area contributed by atoms with Crippen LogP contribution in [-0.4, -0.2) is 11.7 Å². The highest BCUT2D eigenvalue weighted by Crippen LogP contribution is 2.31. The number of hydrogen-bond donors (Lipinski definition) is 2. The van der Waals surface area contributed by atoms with Crippen LogP contribution >= 0.6 is 23.2 Å². The molecule has 0 fully saturated rings. The van der Waals surface area contributed by atoms with Crippen molar-refractivity contribution in [2.45, 2.75) is 0 Å². The molecule has 0 aliphatic carbocycles. The van der Waals surface area contributed by atoms with Gasteiger partial charge in [0.1, 0.15) is 0 Å². The molecule has 0 amide bonds. The van der Waals surface area contributed by atoms with Crippen molar-refractivity contribution in [1.29, 1.82) is 0 Å². The van der Waals surface area contributed by atoms with E-state index in [0.717, 1.165) is 5.56 Å². The number of rotatable bonds is 2. The summed E-state index contributed by atoms with van der Waals surface area (Å²) < 4.78 is 0. The summed E-state index contributed by atoms with van der Waals surface area (Å²) in [5, 5.41) is 9.31. The molecule has 2 nitrogen and oxygen atoms in total. The minimum absolute atomic E-state index is 0.0294. The van der Waals surface area contributed by atoms with Gasteiger partial charge in [-0.15, -0.1) is 0 Å². The second kappa shape index (κ2) is 4.51. The van der Waals surface area contributed by atoms with E-state index >= 15 is 0 Å². The number of aliphatic hydroxyl groups excluding tert-OH is 1. The average molecular weight is 218 g/mol. The molecule has 0 bridgehead atoms. The molecule has 4 heteroatoms. The molecule has 0 aliphatic rings. The summed E-state index contributed by atoms with van der Waals surface area (Å²) in [7, 11) is 0. The predicted molar refractivity (Wildman–Crippen MR) is 57.0 cm³/mol. The van der Waals surface area contributed by atoms with Gasteiger partial charge in [-0.3, -0.25) is 0 Å². The zero-order valence-corrected chi connectivity index (χ0v) is 8.31. The summed E-state index contributed by atoms with van der Waals surface area (Å²) in [5.74, 6) is 0. The maximum Gasteiger partial charge on any atom is 0.0827 e. The van der Waals surface area contributed by atoms with Crippen molar-refractivity contribution in [3.8, 4) is 0 Å². The molecule has 0 aromatic heterocycles. The van der Waals surface area contributed by atoms with Gasteiger partial charge in [-0.1, -0.05) is 41.4 Å². The first-order chi connectivity index (χ1) is 6.16. The Balaban J connectivity index is 3.11. The number of aliphatic hydroxyl groups is 1. The lowest BCUT2D eigenvalue weighted by molar-refractivity contribution is 0.343. The normalized spacial score (nSPS) is 11.0. The third-order valence-corrected chi connectivity index (χ3v) is 2.46. The van der Waals surface area contributed by atoms with Gasteiger partial charge in [-0.2, -0.15) is 0 Å². The Morgan fingerprint density at radius 1 is 1.31 bits per heavy atom. The third kappa shape index (κ3) is 2.37. The van der Waals surface area contributed by atoms with Gasteiger partial charge in [0, 0.05) is 0 Å². The molecule has 1 aromatic carbocycles. The summed E-state index contributed by atoms with van der Waals surface area (Å²) in [6, 6.07) is 3.42. The highest BCUT2D eigenvalue weighted by atomic mass is 35.5. The number of hydrogen-bond acceptors (Lipinski definition) is 2. The first-order valence-corrected chi connectivity index (χ1v) is 4.43. The van der Waals surface area contributed by atoms with E-state index in [9.17, 15) is 0 Å². The molecule has 0 saturated heterocycles. The summed E-state index contributed by atoms with van der Waals surface area (Å²) in [6.07, 6.45) is 3.27. The molecule has 13 heavy (non-hydrogen) atoms. The molecule has 3 N–H and O–H groups in total. The highest BCUT2D eigenvalue weighted by molar-refractivity contribution is 6.44. The molecule has 70 valence electrons. The van der Waals surface area contributed by atoms with E-state index in [1.54, 1.807) is 24.3 Å². The minimum atomic E-state index is -0.0294. The first-order valence-electron chi connectivity index (χ1n) is 3.67. The lowest BCUT2D eigenvalue weighted by atomic mass is 10.2. The molecule has 1 aromatic rings. The summed E-state index contributed by atoms with van der Waals surface area (Å²) in [5.41, 5.74) is 6.73. The van der Waals surface area contributed by atoms with Crippen molar-refractivity contribution in [3.63, 3.8) is 0 Å². The van der Waals surface area contributed by atoms with Crippen LogP contribution in [0, 0.1) is 0 Å². The van der Waals surface area contributed by atoms with E-state index in [-0.39, 0.29) is 6.61 Å². The Morgan fingerprint density at radius 3 is 2.62 bits per heavy atom. The number of anilines is 1. The second-order valence-corrected chi connectivity index (χ2v) is 3.21. The molecule has 0 aliphatic heterocycles. The van der Waals surface area contributed by atoms with Crippen LogP contribution in [0.15, 0.2) is 18.2 Å². The molecule has 0 spiro atoms. The molecule has 1 rings (SSSR count). The van der Waals surface area contributed by atoms with Crippen molar-refractivity contribution in [3.05, 3.63) is 33.8 Å². The maximum atomic E-state index is 8.55. The van der Waals surface area contributed by atoms with E-state index in [2.05, 4.69) is 0 Å². The number of benzene rings is 1. The highest BCUT2D eigenvalue weighted by Gasteiger charge is 2.04. The Hall–Kier alpha value is -0.700. The van der Waals surface area contributed by atoms with Gasteiger partial charge in [-0.25, -0.2) is 0 Å². The fourth-order valence-corrected chi connectivity index (χ4v) is 1.29. The van der Waals surface area contributed by atoms with Gasteiger partial charge in [0.05, 0.1) is 22.3 Å². The van der Waals surface area contributed by atoms with Crippen LogP contribution in [0.2, 0.25) is 10.0 Å². The average Bonchev–Trinajstić information content (AvgIpc) is 2.13. The molecular formula is C9H9Cl2NO. The second-order valence-electron chi connectivity index (χ2n) is 2.46. The number of nitrogens with two attached hydrogens (primary N) is 1. The van der Waals surface area contributed by atoms with E-state index in [4.69, 9.17) is 34.0 Å². The monoisotopic (exact) mass is 217 g/mol. The lowest BCUT2D eigenvalue weighted by Crippen LogP contribution is -1.88. The largest absolute Gasteiger partial charge is 0.397 e. The zero-order valence-electron chi connectivity index (χ0n) is 6.80. The zero-order chi connectivity index (χ0) is 9.84. The standard InChI is InChI=1S/C9H9Cl2NO/c10-8-6(2-1-5-13)3-4-7(12)9(8)11/h1-4,13H,5,12H2. The smallest absolute Gasteiger partial charge is 0.0827 e. The van der Waals surface area contributed by atoms with Crippen LogP contribution in [0.4, 0.5) is 5.69 Å². The summed E-state index contributed by atoms with van der Waals surface area (Å²) in [6.45, 7) is -0.0294. The van der Waals surface area contributed by atoms with Gasteiger partial charge in [0.2, 0.25) is 0 Å².